The van der Waals surface area contributed by atoms with Gasteiger partial charge in [-0.2, -0.15) is 0 Å². The predicted octanol–water partition coefficient (Wildman–Crippen LogP) is 1.98. The van der Waals surface area contributed by atoms with Gasteiger partial charge in [-0.1, -0.05) is 18.2 Å². The third-order valence-corrected chi connectivity index (χ3v) is 2.95. The molecule has 2 rings (SSSR count). The quantitative estimate of drug-likeness (QED) is 0.833. The highest BCUT2D eigenvalue weighted by Gasteiger charge is 2.07. The largest absolute Gasteiger partial charge is 0.361 e. The number of aromatic amines is 1. The fourth-order valence-corrected chi connectivity index (χ4v) is 1.92. The van der Waals surface area contributed by atoms with Gasteiger partial charge in [-0.25, -0.2) is 4.79 Å². The summed E-state index contributed by atoms with van der Waals surface area (Å²) in [5.41, 5.74) is 2.39. The van der Waals surface area contributed by atoms with Crippen LogP contribution in [0.5, 0.6) is 0 Å². The molecule has 4 nitrogen and oxygen atoms in total. The summed E-state index contributed by atoms with van der Waals surface area (Å²) in [5.74, 6) is 0. The highest BCUT2D eigenvalue weighted by Crippen LogP contribution is 2.18. The number of hydrogen-bond donors (Lipinski definition) is 2. The molecule has 0 spiro atoms. The molecule has 0 aliphatic rings. The summed E-state index contributed by atoms with van der Waals surface area (Å²) in [6.07, 6.45) is 2.87. The normalized spacial score (nSPS) is 10.5. The Morgan fingerprint density at radius 3 is 2.94 bits per heavy atom. The molecule has 0 bridgehead atoms. The van der Waals surface area contributed by atoms with Crippen molar-refractivity contribution >= 4 is 16.9 Å². The van der Waals surface area contributed by atoms with E-state index in [1.54, 1.807) is 19.0 Å². The van der Waals surface area contributed by atoms with E-state index in [9.17, 15) is 4.79 Å². The molecule has 0 atom stereocenters. The number of carbonyl (C=O) groups is 1. The summed E-state index contributed by atoms with van der Waals surface area (Å²) in [7, 11) is 3.44. The van der Waals surface area contributed by atoms with Gasteiger partial charge in [0.1, 0.15) is 0 Å². The van der Waals surface area contributed by atoms with Gasteiger partial charge in [-0.3, -0.25) is 0 Å². The maximum Gasteiger partial charge on any atom is 0.316 e. The van der Waals surface area contributed by atoms with Crippen LogP contribution in [0, 0.1) is 0 Å². The first-order valence-corrected chi connectivity index (χ1v) is 5.70. The second-order valence-corrected chi connectivity index (χ2v) is 4.09. The summed E-state index contributed by atoms with van der Waals surface area (Å²) >= 11 is 0. The molecule has 2 N–H and O–H groups in total. The fraction of sp³-hybridized carbons (Fsp3) is 0.308. The Balaban J connectivity index is 2.07. The van der Waals surface area contributed by atoms with Gasteiger partial charge in [-0.05, 0) is 18.1 Å². The SMILES string of the molecule is CNC(=O)N(C)CCc1c[nH]c2ccccc12. The maximum atomic E-state index is 11.3. The van der Waals surface area contributed by atoms with Crippen molar-refractivity contribution in [1.82, 2.24) is 15.2 Å². The Kier molecular flexibility index (Phi) is 3.32. The van der Waals surface area contributed by atoms with E-state index >= 15 is 0 Å². The number of nitrogens with one attached hydrogen (secondary N) is 2. The lowest BCUT2D eigenvalue weighted by molar-refractivity contribution is 0.211. The van der Waals surface area contributed by atoms with Crippen molar-refractivity contribution in [2.75, 3.05) is 20.6 Å². The van der Waals surface area contributed by atoms with Crippen molar-refractivity contribution in [3.8, 4) is 0 Å². The minimum Gasteiger partial charge on any atom is -0.361 e. The number of hydrogen-bond acceptors (Lipinski definition) is 1. The number of rotatable bonds is 3. The molecule has 0 radical (unpaired) electrons. The summed E-state index contributed by atoms with van der Waals surface area (Å²) < 4.78 is 0. The third-order valence-electron chi connectivity index (χ3n) is 2.95. The number of nitrogens with zero attached hydrogens (tertiary/aromatic N) is 1. The number of aromatic nitrogens is 1. The highest BCUT2D eigenvalue weighted by atomic mass is 16.2. The summed E-state index contributed by atoms with van der Waals surface area (Å²) in [4.78, 5) is 16.3. The van der Waals surface area contributed by atoms with Crippen molar-refractivity contribution in [3.05, 3.63) is 36.0 Å². The molecule has 0 aliphatic heterocycles. The van der Waals surface area contributed by atoms with Gasteiger partial charge in [0.05, 0.1) is 0 Å². The Bertz CT molecular complexity index is 518. The molecule has 0 aliphatic carbocycles. The number of carbonyl (C=O) groups excluding carboxylic acids is 1. The first kappa shape index (κ1) is 11.5. The standard InChI is InChI=1S/C13H17N3O/c1-14-13(17)16(2)8-7-10-9-15-12-6-4-3-5-11(10)12/h3-6,9,15H,7-8H2,1-2H3,(H,14,17). The van der Waals surface area contributed by atoms with Crippen molar-refractivity contribution in [2.24, 2.45) is 0 Å². The smallest absolute Gasteiger partial charge is 0.316 e. The molecule has 0 fully saturated rings. The van der Waals surface area contributed by atoms with Crippen LogP contribution in [0.25, 0.3) is 10.9 Å². The first-order valence-electron chi connectivity index (χ1n) is 5.70. The number of fused-ring (bicyclic) bond motifs is 1. The van der Waals surface area contributed by atoms with Crippen molar-refractivity contribution < 1.29 is 4.79 Å². The van der Waals surface area contributed by atoms with Gasteiger partial charge in [0, 0.05) is 37.7 Å². The number of urea groups is 1. The van der Waals surface area contributed by atoms with Crippen LogP contribution in [0.1, 0.15) is 5.56 Å². The Labute approximate surface area is 101 Å². The Morgan fingerprint density at radius 1 is 1.41 bits per heavy atom. The zero-order chi connectivity index (χ0) is 12.3. The molecular weight excluding hydrogens is 214 g/mol. The second-order valence-electron chi connectivity index (χ2n) is 4.09. The molecule has 1 aromatic carbocycles. The van der Waals surface area contributed by atoms with Crippen molar-refractivity contribution in [2.45, 2.75) is 6.42 Å². The van der Waals surface area contributed by atoms with E-state index < -0.39 is 0 Å². The van der Waals surface area contributed by atoms with E-state index in [-0.39, 0.29) is 6.03 Å². The summed E-state index contributed by atoms with van der Waals surface area (Å²) in [5, 5.41) is 3.85. The molecule has 0 saturated heterocycles. The van der Waals surface area contributed by atoms with E-state index in [4.69, 9.17) is 0 Å². The van der Waals surface area contributed by atoms with Gasteiger partial charge in [0.25, 0.3) is 0 Å². The number of amides is 2. The van der Waals surface area contributed by atoms with E-state index in [0.717, 1.165) is 11.9 Å². The molecule has 1 heterocycles. The third kappa shape index (κ3) is 2.41. The lowest BCUT2D eigenvalue weighted by atomic mass is 10.1. The van der Waals surface area contributed by atoms with Crippen LogP contribution in [-0.2, 0) is 6.42 Å². The molecule has 0 unspecified atom stereocenters. The molecule has 2 aromatic rings. The van der Waals surface area contributed by atoms with E-state index in [1.807, 2.05) is 18.3 Å². The molecule has 2 amide bonds. The number of likely N-dealkylation sites (N-methyl/N-ethyl adjacent to an activating group) is 1. The van der Waals surface area contributed by atoms with Crippen LogP contribution in [0.15, 0.2) is 30.5 Å². The average molecular weight is 231 g/mol. The highest BCUT2D eigenvalue weighted by molar-refractivity contribution is 5.83. The van der Waals surface area contributed by atoms with Gasteiger partial charge < -0.3 is 15.2 Å². The van der Waals surface area contributed by atoms with Crippen molar-refractivity contribution in [1.29, 1.82) is 0 Å². The minimum absolute atomic E-state index is 0.0511. The number of para-hydroxylation sites is 1. The Hall–Kier alpha value is -1.97. The van der Waals surface area contributed by atoms with Crippen molar-refractivity contribution in [3.63, 3.8) is 0 Å². The van der Waals surface area contributed by atoms with E-state index in [1.165, 1.54) is 10.9 Å². The Morgan fingerprint density at radius 2 is 2.18 bits per heavy atom. The van der Waals surface area contributed by atoms with Crippen LogP contribution in [0.4, 0.5) is 4.79 Å². The first-order chi connectivity index (χ1) is 8.22. The minimum atomic E-state index is -0.0511. The van der Waals surface area contributed by atoms with Gasteiger partial charge in [-0.15, -0.1) is 0 Å². The van der Waals surface area contributed by atoms with Crippen LogP contribution in [0.2, 0.25) is 0 Å². The molecule has 90 valence electrons. The molecule has 17 heavy (non-hydrogen) atoms. The fourth-order valence-electron chi connectivity index (χ4n) is 1.92. The number of benzene rings is 1. The van der Waals surface area contributed by atoms with E-state index in [2.05, 4.69) is 22.4 Å². The summed E-state index contributed by atoms with van der Waals surface area (Å²) in [6, 6.07) is 8.15. The average Bonchev–Trinajstić information content (AvgIpc) is 2.78. The molecule has 1 aromatic heterocycles. The zero-order valence-corrected chi connectivity index (χ0v) is 10.2. The van der Waals surface area contributed by atoms with Crippen LogP contribution >= 0.6 is 0 Å². The maximum absolute atomic E-state index is 11.3. The van der Waals surface area contributed by atoms with Gasteiger partial charge in [0.2, 0.25) is 0 Å². The van der Waals surface area contributed by atoms with Gasteiger partial charge in [0.15, 0.2) is 0 Å². The van der Waals surface area contributed by atoms with Gasteiger partial charge >= 0.3 is 6.03 Å². The van der Waals surface area contributed by atoms with Crippen LogP contribution < -0.4 is 5.32 Å². The second kappa shape index (κ2) is 4.91. The van der Waals surface area contributed by atoms with Crippen LogP contribution in [-0.4, -0.2) is 36.6 Å². The molecular formula is C13H17N3O. The monoisotopic (exact) mass is 231 g/mol. The lowest BCUT2D eigenvalue weighted by Crippen LogP contribution is -2.36. The zero-order valence-electron chi connectivity index (χ0n) is 10.2. The van der Waals surface area contributed by atoms with Crippen LogP contribution in [0.3, 0.4) is 0 Å². The lowest BCUT2D eigenvalue weighted by Gasteiger charge is -2.15. The molecule has 0 saturated carbocycles. The number of H-pyrrole nitrogens is 1. The van der Waals surface area contributed by atoms with E-state index in [0.29, 0.717) is 6.54 Å². The topological polar surface area (TPSA) is 48.1 Å². The molecule has 4 heteroatoms. The predicted molar refractivity (Wildman–Crippen MR) is 69.1 cm³/mol. The summed E-state index contributed by atoms with van der Waals surface area (Å²) in [6.45, 7) is 0.710.